The first-order valence-corrected chi connectivity index (χ1v) is 5.83. The van der Waals surface area contributed by atoms with E-state index in [2.05, 4.69) is 0 Å². The van der Waals surface area contributed by atoms with Gasteiger partial charge in [0, 0.05) is 0 Å². The molecule has 0 aliphatic heterocycles. The molecule has 4 heteroatoms. The Bertz CT molecular complexity index is 264. The molecule has 17 heavy (non-hydrogen) atoms. The molecule has 0 bridgehead atoms. The van der Waals surface area contributed by atoms with Crippen LogP contribution in [0.1, 0.15) is 48.0 Å². The molecule has 0 aliphatic carbocycles. The summed E-state index contributed by atoms with van der Waals surface area (Å²) in [5.41, 5.74) is -0.879. The number of carboxylic acid groups (broad SMARTS) is 2. The van der Waals surface area contributed by atoms with Gasteiger partial charge in [0.15, 0.2) is 0 Å². The van der Waals surface area contributed by atoms with Crippen molar-refractivity contribution in [3.05, 3.63) is 0 Å². The smallest absolute Gasteiger partial charge is 0.307 e. The van der Waals surface area contributed by atoms with Gasteiger partial charge in [-0.3, -0.25) is 9.59 Å². The van der Waals surface area contributed by atoms with Crippen LogP contribution >= 0.6 is 0 Å². The maximum absolute atomic E-state index is 11.2. The maximum atomic E-state index is 11.2. The highest BCUT2D eigenvalue weighted by Gasteiger charge is 2.40. The molecule has 0 saturated heterocycles. The maximum Gasteiger partial charge on any atom is 0.307 e. The quantitative estimate of drug-likeness (QED) is 0.797. The second-order valence-electron chi connectivity index (χ2n) is 6.75. The van der Waals surface area contributed by atoms with Crippen molar-refractivity contribution in [2.45, 2.75) is 48.0 Å². The fourth-order valence-corrected chi connectivity index (χ4v) is 1.89. The van der Waals surface area contributed by atoms with Gasteiger partial charge in [0.25, 0.3) is 0 Å². The van der Waals surface area contributed by atoms with Crippen LogP contribution in [0.15, 0.2) is 0 Å². The van der Waals surface area contributed by atoms with Gasteiger partial charge in [-0.2, -0.15) is 0 Å². The zero-order valence-electron chi connectivity index (χ0n) is 11.6. The van der Waals surface area contributed by atoms with Gasteiger partial charge >= 0.3 is 11.9 Å². The van der Waals surface area contributed by atoms with Gasteiger partial charge in [-0.25, -0.2) is 0 Å². The minimum Gasteiger partial charge on any atom is -0.481 e. The van der Waals surface area contributed by atoms with E-state index >= 15 is 0 Å². The zero-order valence-corrected chi connectivity index (χ0v) is 11.6. The van der Waals surface area contributed by atoms with Crippen molar-refractivity contribution in [2.75, 3.05) is 0 Å². The summed E-state index contributed by atoms with van der Waals surface area (Å²) in [6.45, 7) is 11.0. The van der Waals surface area contributed by atoms with Crippen molar-refractivity contribution in [1.29, 1.82) is 0 Å². The molecular formula is C13H24O4. The van der Waals surface area contributed by atoms with Gasteiger partial charge in [-0.05, 0) is 17.3 Å². The van der Waals surface area contributed by atoms with Crippen LogP contribution in [0.2, 0.25) is 0 Å². The van der Waals surface area contributed by atoms with Crippen molar-refractivity contribution >= 4 is 11.9 Å². The molecule has 0 heterocycles. The molecule has 0 aromatic heterocycles. The molecule has 100 valence electrons. The van der Waals surface area contributed by atoms with Crippen LogP contribution in [-0.4, -0.2) is 22.2 Å². The second-order valence-corrected chi connectivity index (χ2v) is 6.75. The number of hydrogen-bond acceptors (Lipinski definition) is 2. The largest absolute Gasteiger partial charge is 0.481 e. The monoisotopic (exact) mass is 244 g/mol. The third kappa shape index (κ3) is 4.75. The number of carboxylic acids is 2. The van der Waals surface area contributed by atoms with Crippen LogP contribution in [-0.2, 0) is 9.59 Å². The lowest BCUT2D eigenvalue weighted by Gasteiger charge is -2.34. The van der Waals surface area contributed by atoms with Gasteiger partial charge in [0.05, 0.1) is 11.8 Å². The summed E-state index contributed by atoms with van der Waals surface area (Å²) in [5, 5.41) is 18.4. The van der Waals surface area contributed by atoms with E-state index in [1.165, 1.54) is 0 Å². The van der Waals surface area contributed by atoms with Crippen molar-refractivity contribution in [1.82, 2.24) is 0 Å². The Morgan fingerprint density at radius 1 is 0.824 bits per heavy atom. The lowest BCUT2D eigenvalue weighted by Crippen LogP contribution is -2.37. The molecule has 4 nitrogen and oxygen atoms in total. The van der Waals surface area contributed by atoms with Crippen molar-refractivity contribution in [3.63, 3.8) is 0 Å². The molecule has 2 N–H and O–H groups in total. The third-order valence-electron chi connectivity index (χ3n) is 3.16. The SMILES string of the molecule is CC(C)(C)C(CC(C(=O)O)C(C)(C)C)C(=O)O. The normalized spacial score (nSPS) is 16.4. The van der Waals surface area contributed by atoms with E-state index in [0.29, 0.717) is 0 Å². The Labute approximate surface area is 103 Å². The van der Waals surface area contributed by atoms with Gasteiger partial charge in [-0.15, -0.1) is 0 Å². The molecule has 0 spiro atoms. The minimum atomic E-state index is -0.923. The first kappa shape index (κ1) is 15.9. The van der Waals surface area contributed by atoms with E-state index in [9.17, 15) is 19.8 Å². The fraction of sp³-hybridized carbons (Fsp3) is 0.846. The highest BCUT2D eigenvalue weighted by Crippen LogP contribution is 2.38. The van der Waals surface area contributed by atoms with Crippen LogP contribution in [0.3, 0.4) is 0 Å². The molecule has 0 amide bonds. The Morgan fingerprint density at radius 3 is 1.18 bits per heavy atom. The highest BCUT2D eigenvalue weighted by molar-refractivity contribution is 5.74. The summed E-state index contributed by atoms with van der Waals surface area (Å²) in [4.78, 5) is 22.5. The second kappa shape index (κ2) is 5.07. The van der Waals surface area contributed by atoms with Crippen LogP contribution in [0.25, 0.3) is 0 Å². The highest BCUT2D eigenvalue weighted by atomic mass is 16.4. The zero-order chi connectivity index (χ0) is 14.0. The van der Waals surface area contributed by atoms with Gasteiger partial charge in [0.1, 0.15) is 0 Å². The Morgan fingerprint density at radius 2 is 1.06 bits per heavy atom. The van der Waals surface area contributed by atoms with Crippen LogP contribution in [0, 0.1) is 22.7 Å². The molecule has 0 aromatic carbocycles. The Kier molecular flexibility index (Phi) is 4.75. The van der Waals surface area contributed by atoms with E-state index in [1.807, 2.05) is 41.5 Å². The van der Waals surface area contributed by atoms with Gasteiger partial charge in [0.2, 0.25) is 0 Å². The van der Waals surface area contributed by atoms with Gasteiger partial charge < -0.3 is 10.2 Å². The Hall–Kier alpha value is -1.06. The standard InChI is InChI=1S/C13H24O4/c1-12(2,3)8(10(14)15)7-9(11(16)17)13(4,5)6/h8-9H,7H2,1-6H3,(H,14,15)(H,16,17). The van der Waals surface area contributed by atoms with E-state index in [4.69, 9.17) is 0 Å². The molecule has 0 rings (SSSR count). The van der Waals surface area contributed by atoms with E-state index in [-0.39, 0.29) is 6.42 Å². The predicted octanol–water partition coefficient (Wildman–Crippen LogP) is 2.87. The summed E-state index contributed by atoms with van der Waals surface area (Å²) in [6.07, 6.45) is 0.164. The van der Waals surface area contributed by atoms with Crippen LogP contribution in [0.4, 0.5) is 0 Å². The molecule has 2 unspecified atom stereocenters. The number of rotatable bonds is 4. The van der Waals surface area contributed by atoms with E-state index < -0.39 is 34.6 Å². The summed E-state index contributed by atoms with van der Waals surface area (Å²) in [6, 6.07) is 0. The summed E-state index contributed by atoms with van der Waals surface area (Å²) < 4.78 is 0. The third-order valence-corrected chi connectivity index (χ3v) is 3.16. The molecular weight excluding hydrogens is 220 g/mol. The Balaban J connectivity index is 5.09. The molecule has 2 atom stereocenters. The summed E-state index contributed by atoms with van der Waals surface area (Å²) in [7, 11) is 0. The van der Waals surface area contributed by atoms with E-state index in [1.54, 1.807) is 0 Å². The van der Waals surface area contributed by atoms with Crippen LogP contribution in [0.5, 0.6) is 0 Å². The lowest BCUT2D eigenvalue weighted by atomic mass is 9.69. The first-order chi connectivity index (χ1) is 7.37. The van der Waals surface area contributed by atoms with Crippen molar-refractivity contribution in [3.8, 4) is 0 Å². The first-order valence-electron chi connectivity index (χ1n) is 5.83. The van der Waals surface area contributed by atoms with E-state index in [0.717, 1.165) is 0 Å². The predicted molar refractivity (Wildman–Crippen MR) is 65.8 cm³/mol. The summed E-state index contributed by atoms with van der Waals surface area (Å²) >= 11 is 0. The number of aliphatic carboxylic acids is 2. The topological polar surface area (TPSA) is 74.6 Å². The number of carbonyl (C=O) groups is 2. The van der Waals surface area contributed by atoms with Crippen molar-refractivity contribution in [2.24, 2.45) is 22.7 Å². The van der Waals surface area contributed by atoms with Gasteiger partial charge in [-0.1, -0.05) is 41.5 Å². The lowest BCUT2D eigenvalue weighted by molar-refractivity contribution is -0.151. The fourth-order valence-electron chi connectivity index (χ4n) is 1.89. The molecule has 0 aromatic rings. The number of hydrogen-bond donors (Lipinski definition) is 2. The molecule has 0 saturated carbocycles. The van der Waals surface area contributed by atoms with Crippen molar-refractivity contribution < 1.29 is 19.8 Å². The molecule has 0 aliphatic rings. The summed E-state index contributed by atoms with van der Waals surface area (Å²) in [5.74, 6) is -3.15. The average Bonchev–Trinajstić information content (AvgIpc) is 1.96. The molecule has 0 fully saturated rings. The minimum absolute atomic E-state index is 0.164. The molecule has 0 radical (unpaired) electrons. The average molecular weight is 244 g/mol. The van der Waals surface area contributed by atoms with Crippen LogP contribution < -0.4 is 0 Å².